The minimum absolute atomic E-state index is 0.0645. The van der Waals surface area contributed by atoms with Crippen LogP contribution in [0.3, 0.4) is 0 Å². The molecule has 26 heteroatoms. The zero-order valence-electron chi connectivity index (χ0n) is 57.2. The minimum Gasteiger partial charge on any atom is -0.493 e. The summed E-state index contributed by atoms with van der Waals surface area (Å²) in [6, 6.07) is 41.6. The number of aryl methyl sites for hydroxylation is 2. The van der Waals surface area contributed by atoms with Crippen LogP contribution in [0, 0.1) is 13.8 Å². The van der Waals surface area contributed by atoms with Crippen molar-refractivity contribution in [3.8, 4) is 23.0 Å². The van der Waals surface area contributed by atoms with Gasteiger partial charge in [0.15, 0.2) is 32.2 Å². The number of hydrogen-bond donors (Lipinski definition) is 2. The molecule has 4 aliphatic heterocycles. The maximum atomic E-state index is 14.4. The zero-order chi connectivity index (χ0) is 70.3. The summed E-state index contributed by atoms with van der Waals surface area (Å²) in [5.41, 5.74) is 6.93. The van der Waals surface area contributed by atoms with Crippen molar-refractivity contribution in [3.05, 3.63) is 201 Å². The molecule has 2 fully saturated rings. The lowest BCUT2D eigenvalue weighted by molar-refractivity contribution is 0.0557. The second-order valence-electron chi connectivity index (χ2n) is 24.8. The van der Waals surface area contributed by atoms with Gasteiger partial charge in [0.25, 0.3) is 43.7 Å². The minimum atomic E-state index is -3.82. The first kappa shape index (κ1) is 71.3. The van der Waals surface area contributed by atoms with Crippen LogP contribution >= 0.6 is 11.3 Å². The molecule has 0 saturated carbocycles. The number of nitrogens with zero attached hydrogens (tertiary/aromatic N) is 9. The predicted octanol–water partition coefficient (Wildman–Crippen LogP) is 10.2. The number of benzene rings is 6. The van der Waals surface area contributed by atoms with E-state index in [1.54, 1.807) is 71.5 Å². The van der Waals surface area contributed by atoms with E-state index in [1.807, 2.05) is 48.5 Å². The van der Waals surface area contributed by atoms with Gasteiger partial charge in [-0.25, -0.2) is 36.2 Å². The van der Waals surface area contributed by atoms with Gasteiger partial charge < -0.3 is 33.3 Å². The number of amides is 4. The van der Waals surface area contributed by atoms with Crippen LogP contribution in [0.15, 0.2) is 155 Å². The van der Waals surface area contributed by atoms with Gasteiger partial charge >= 0.3 is 0 Å². The molecule has 0 aliphatic carbocycles. The van der Waals surface area contributed by atoms with E-state index in [2.05, 4.69) is 101 Å². The molecule has 2 saturated heterocycles. The fourth-order valence-corrected chi connectivity index (χ4v) is 17.1. The Balaban J connectivity index is 0.000000200. The Labute approximate surface area is 583 Å². The third kappa shape index (κ3) is 15.1. The quantitative estimate of drug-likeness (QED) is 0.0378. The number of imide groups is 2. The fourth-order valence-electron chi connectivity index (χ4n) is 13.6. The average Bonchev–Trinajstić information content (AvgIpc) is 1.61. The molecule has 4 amide bonds. The van der Waals surface area contributed by atoms with Gasteiger partial charge in [0.05, 0.1) is 91.6 Å². The first-order chi connectivity index (χ1) is 47.7. The van der Waals surface area contributed by atoms with E-state index >= 15 is 0 Å². The molecule has 0 spiro atoms. The summed E-state index contributed by atoms with van der Waals surface area (Å²) >= 11 is 1.10. The number of ether oxygens (including phenoxy) is 4. The molecule has 99 heavy (non-hydrogen) atoms. The fraction of sp³-hybridized carbons (Fsp3) is 0.370. The Morgan fingerprint density at radius 1 is 0.485 bits per heavy atom. The number of carbonyl (C=O) groups is 4. The third-order valence-corrected chi connectivity index (χ3v) is 23.6. The average molecular weight is 1400 g/mol. The number of sulfonamides is 2. The van der Waals surface area contributed by atoms with Crippen LogP contribution in [0.5, 0.6) is 23.0 Å². The number of anilines is 2. The van der Waals surface area contributed by atoms with E-state index in [-0.39, 0.29) is 58.0 Å². The van der Waals surface area contributed by atoms with E-state index in [4.69, 9.17) is 18.9 Å². The van der Waals surface area contributed by atoms with E-state index in [0.29, 0.717) is 119 Å². The highest BCUT2D eigenvalue weighted by Gasteiger charge is 2.45. The maximum absolute atomic E-state index is 14.4. The molecule has 8 aromatic rings. The summed E-state index contributed by atoms with van der Waals surface area (Å²) in [5.74, 6) is 1.04. The zero-order valence-corrected chi connectivity index (χ0v) is 59.7. The molecule has 2 aromatic heterocycles. The van der Waals surface area contributed by atoms with Crippen LogP contribution in [0.2, 0.25) is 0 Å². The number of piperazine rings is 2. The smallest absolute Gasteiger partial charge is 0.264 e. The van der Waals surface area contributed by atoms with Gasteiger partial charge in [0, 0.05) is 84.6 Å². The third-order valence-electron chi connectivity index (χ3n) is 19.2. The molecule has 0 bridgehead atoms. The van der Waals surface area contributed by atoms with Crippen LogP contribution in [-0.4, -0.2) is 168 Å². The topological polar surface area (TPSA) is 248 Å². The van der Waals surface area contributed by atoms with Crippen molar-refractivity contribution in [2.45, 2.75) is 86.8 Å². The Bertz CT molecular complexity index is 4460. The van der Waals surface area contributed by atoms with E-state index in [9.17, 15) is 36.0 Å². The molecule has 2 N–H and O–H groups in total. The summed E-state index contributed by atoms with van der Waals surface area (Å²) in [4.78, 5) is 77.2. The summed E-state index contributed by atoms with van der Waals surface area (Å²) < 4.78 is 80.7. The van der Waals surface area contributed by atoms with Crippen molar-refractivity contribution < 1.29 is 55.0 Å². The summed E-state index contributed by atoms with van der Waals surface area (Å²) in [5, 5.41) is 0.720. The van der Waals surface area contributed by atoms with Crippen LogP contribution in [0.4, 0.5) is 11.4 Å². The standard InChI is InChI=1S/C37H44N6O6S.C36H41N5O6S2/c1-25(27-11-7-6-8-12-27)41-19-21-42(22-20-41)31-14-9-13-29-35(31)37(45)43(36(29)44)30(28-16-17-32(48-4)33(23-28)49-5)15-10-18-39-50(46,47)34-24-38-26(2)40(34)3;1-24(26-10-6-5-7-11-26)39-18-20-40(21-19-39)30-13-8-12-28-34(30)36(43)41(35(28)42)29(27-15-16-31(46-3)32(22-27)47-4)14-9-17-38-49(44,45)33-23-37-25(2)48-33/h6-9,11-14,16-17,23-25,30,39H,10,15,18-22H2,1-5H3;5-8,10-13,15-16,22-24,29,38H,9,14,17-21H2,1-4H3/t25-,30-;24-,29-/m11/s1. The van der Waals surface area contributed by atoms with E-state index < -0.39 is 32.1 Å². The number of imidazole rings is 1. The number of hydrogen-bond acceptors (Lipinski definition) is 19. The van der Waals surface area contributed by atoms with Gasteiger partial charge in [-0.1, -0.05) is 84.9 Å². The van der Waals surface area contributed by atoms with Crippen molar-refractivity contribution in [3.63, 3.8) is 0 Å². The Kier molecular flexibility index (Phi) is 22.3. The normalized spacial score (nSPS) is 16.5. The van der Waals surface area contributed by atoms with Crippen molar-refractivity contribution in [1.29, 1.82) is 0 Å². The van der Waals surface area contributed by atoms with Crippen molar-refractivity contribution in [2.24, 2.45) is 7.05 Å². The Hall–Kier alpha value is -9.02. The first-order valence-corrected chi connectivity index (χ1v) is 36.9. The molecular formula is C73H85N11O12S3. The lowest BCUT2D eigenvalue weighted by Gasteiger charge is -2.39. The number of aromatic nitrogens is 3. The predicted molar refractivity (Wildman–Crippen MR) is 379 cm³/mol. The number of carbonyl (C=O) groups excluding carboxylic acids is 4. The molecule has 6 heterocycles. The van der Waals surface area contributed by atoms with E-state index in [0.717, 1.165) is 48.9 Å². The summed E-state index contributed by atoms with van der Waals surface area (Å²) in [6.07, 6.45) is 3.99. The summed E-state index contributed by atoms with van der Waals surface area (Å²) in [6.45, 7) is 14.2. The van der Waals surface area contributed by atoms with Crippen molar-refractivity contribution in [2.75, 3.05) is 104 Å². The lowest BCUT2D eigenvalue weighted by atomic mass is 9.99. The molecule has 4 atom stereocenters. The van der Waals surface area contributed by atoms with Crippen LogP contribution < -0.4 is 38.2 Å². The number of thiazole rings is 1. The van der Waals surface area contributed by atoms with Crippen molar-refractivity contribution >= 4 is 66.4 Å². The number of methoxy groups -OCH3 is 4. The van der Waals surface area contributed by atoms with Gasteiger partial charge in [0.2, 0.25) is 0 Å². The second kappa shape index (κ2) is 31.0. The van der Waals surface area contributed by atoms with Gasteiger partial charge in [0.1, 0.15) is 5.82 Å². The molecule has 23 nitrogen and oxygen atoms in total. The number of fused-ring (bicyclic) bond motifs is 2. The van der Waals surface area contributed by atoms with Crippen LogP contribution in [-0.2, 0) is 27.1 Å². The number of nitrogens with one attached hydrogen (secondary N) is 2. The molecular weight excluding hydrogens is 1320 g/mol. The maximum Gasteiger partial charge on any atom is 0.264 e. The molecule has 6 aromatic carbocycles. The van der Waals surface area contributed by atoms with Crippen LogP contribution in [0.25, 0.3) is 0 Å². The van der Waals surface area contributed by atoms with Gasteiger partial charge in [-0.05, 0) is 124 Å². The van der Waals surface area contributed by atoms with Gasteiger partial charge in [-0.15, -0.1) is 11.3 Å². The molecule has 4 aliphatic rings. The van der Waals surface area contributed by atoms with Gasteiger partial charge in [-0.2, -0.15) is 0 Å². The SMILES string of the molecule is COc1ccc([C@@H](CCCNS(=O)(=O)c2cnc(C)n2C)N2C(=O)c3cccc(N4CCN([C@H](C)c5ccccc5)CC4)c3C2=O)cc1OC.COc1ccc([C@@H](CCCNS(=O)(=O)c2cnc(C)s2)N2C(=O)c3cccc(N4CCN([C@H](C)c5ccccc5)CC4)c3C2=O)cc1OC. The second-order valence-corrected chi connectivity index (χ2v) is 29.8. The van der Waals surface area contributed by atoms with Crippen molar-refractivity contribution in [1.82, 2.24) is 43.6 Å². The molecule has 0 radical (unpaired) electrons. The lowest BCUT2D eigenvalue weighted by Crippen LogP contribution is -2.47. The Morgan fingerprint density at radius 3 is 1.29 bits per heavy atom. The summed E-state index contributed by atoms with van der Waals surface area (Å²) in [7, 11) is 0.224. The highest BCUT2D eigenvalue weighted by molar-refractivity contribution is 7.91. The number of rotatable bonds is 26. The highest BCUT2D eigenvalue weighted by Crippen LogP contribution is 2.44. The molecule has 12 rings (SSSR count). The van der Waals surface area contributed by atoms with Gasteiger partial charge in [-0.3, -0.25) is 38.8 Å². The van der Waals surface area contributed by atoms with Crippen LogP contribution in [0.1, 0.15) is 138 Å². The monoisotopic (exact) mass is 1400 g/mol. The van der Waals surface area contributed by atoms with E-state index in [1.165, 1.54) is 52.1 Å². The highest BCUT2D eigenvalue weighted by atomic mass is 32.2. The first-order valence-electron chi connectivity index (χ1n) is 33.1. The Morgan fingerprint density at radius 2 is 0.909 bits per heavy atom. The molecule has 522 valence electrons. The molecule has 0 unspecified atom stereocenters. The largest absolute Gasteiger partial charge is 0.493 e.